The molecule has 0 saturated carbocycles. The lowest BCUT2D eigenvalue weighted by atomic mass is 9.72. The van der Waals surface area contributed by atoms with Crippen molar-refractivity contribution in [2.24, 2.45) is 5.41 Å². The predicted octanol–water partition coefficient (Wildman–Crippen LogP) is 1.89. The standard InChI is InChI=1S/C18H28N2O3/c1-12-10-14(21)13(2)16(17(12)23)18(3,4)11-15(22)20(6)9-7-8-19-5/h10,19H,7-9,11H2,1-6H3. The summed E-state index contributed by atoms with van der Waals surface area (Å²) in [4.78, 5) is 38.6. The number of nitrogens with zero attached hydrogens (tertiary/aromatic N) is 1. The first-order valence-corrected chi connectivity index (χ1v) is 7.99. The largest absolute Gasteiger partial charge is 0.346 e. The molecule has 0 saturated heterocycles. The van der Waals surface area contributed by atoms with Crippen LogP contribution in [0.4, 0.5) is 0 Å². The van der Waals surface area contributed by atoms with Gasteiger partial charge in [-0.15, -0.1) is 0 Å². The number of hydrogen-bond acceptors (Lipinski definition) is 4. The van der Waals surface area contributed by atoms with Gasteiger partial charge in [0.1, 0.15) is 0 Å². The molecule has 0 aromatic heterocycles. The van der Waals surface area contributed by atoms with Gasteiger partial charge in [0.2, 0.25) is 5.91 Å². The Hall–Kier alpha value is -1.75. The molecule has 1 rings (SSSR count). The van der Waals surface area contributed by atoms with Crippen LogP contribution in [0.2, 0.25) is 0 Å². The zero-order valence-corrected chi connectivity index (χ0v) is 15.1. The summed E-state index contributed by atoms with van der Waals surface area (Å²) >= 11 is 0. The molecule has 0 aromatic rings. The summed E-state index contributed by atoms with van der Waals surface area (Å²) in [6.45, 7) is 8.54. The molecule has 0 bridgehead atoms. The van der Waals surface area contributed by atoms with Crippen LogP contribution >= 0.6 is 0 Å². The van der Waals surface area contributed by atoms with Crippen molar-refractivity contribution < 1.29 is 14.4 Å². The van der Waals surface area contributed by atoms with Gasteiger partial charge in [0.15, 0.2) is 11.6 Å². The number of hydrogen-bond donors (Lipinski definition) is 1. The summed E-state index contributed by atoms with van der Waals surface area (Å²) in [6.07, 6.45) is 2.46. The summed E-state index contributed by atoms with van der Waals surface area (Å²) in [5.41, 5.74) is 0.704. The van der Waals surface area contributed by atoms with Crippen molar-refractivity contribution in [2.75, 3.05) is 27.2 Å². The summed E-state index contributed by atoms with van der Waals surface area (Å²) < 4.78 is 0. The van der Waals surface area contributed by atoms with Crippen molar-refractivity contribution in [1.29, 1.82) is 0 Å². The van der Waals surface area contributed by atoms with Crippen LogP contribution in [-0.4, -0.2) is 49.6 Å². The van der Waals surface area contributed by atoms with Crippen molar-refractivity contribution in [3.8, 4) is 0 Å². The molecule has 0 fully saturated rings. The minimum atomic E-state index is -0.666. The maximum absolute atomic E-state index is 12.5. The van der Waals surface area contributed by atoms with Crippen LogP contribution in [0.3, 0.4) is 0 Å². The van der Waals surface area contributed by atoms with E-state index in [1.54, 1.807) is 25.8 Å². The number of nitrogens with one attached hydrogen (secondary N) is 1. The number of allylic oxidation sites excluding steroid dienone is 4. The summed E-state index contributed by atoms with van der Waals surface area (Å²) in [6, 6.07) is 0. The molecule has 0 unspecified atom stereocenters. The number of rotatable bonds is 7. The van der Waals surface area contributed by atoms with E-state index in [-0.39, 0.29) is 23.9 Å². The minimum Gasteiger partial charge on any atom is -0.346 e. The van der Waals surface area contributed by atoms with E-state index in [4.69, 9.17) is 0 Å². The van der Waals surface area contributed by atoms with Crippen LogP contribution in [0.25, 0.3) is 0 Å². The fourth-order valence-corrected chi connectivity index (χ4v) is 2.90. The van der Waals surface area contributed by atoms with Crippen molar-refractivity contribution >= 4 is 17.5 Å². The Kier molecular flexibility index (Phi) is 6.45. The van der Waals surface area contributed by atoms with Crippen LogP contribution in [0.15, 0.2) is 22.8 Å². The van der Waals surface area contributed by atoms with Crippen molar-refractivity contribution in [1.82, 2.24) is 10.2 Å². The van der Waals surface area contributed by atoms with Gasteiger partial charge in [-0.3, -0.25) is 14.4 Å². The number of amides is 1. The summed E-state index contributed by atoms with van der Waals surface area (Å²) in [5, 5.41) is 3.05. The Balaban J connectivity index is 2.90. The normalized spacial score (nSPS) is 15.8. The zero-order valence-electron chi connectivity index (χ0n) is 15.1. The minimum absolute atomic E-state index is 0.0149. The molecule has 0 spiro atoms. The highest BCUT2D eigenvalue weighted by Crippen LogP contribution is 2.37. The molecule has 1 aliphatic rings. The Morgan fingerprint density at radius 3 is 2.43 bits per heavy atom. The molecular formula is C18H28N2O3. The molecule has 0 atom stereocenters. The molecule has 1 N–H and O–H groups in total. The van der Waals surface area contributed by atoms with Crippen LogP contribution < -0.4 is 5.32 Å². The van der Waals surface area contributed by atoms with Gasteiger partial charge in [0.25, 0.3) is 0 Å². The quantitative estimate of drug-likeness (QED) is 0.574. The SMILES string of the molecule is CNCCCN(C)C(=O)CC(C)(C)C1=C(C)C(=O)C=C(C)C1=O. The fourth-order valence-electron chi connectivity index (χ4n) is 2.90. The van der Waals surface area contributed by atoms with E-state index in [0.29, 0.717) is 23.3 Å². The van der Waals surface area contributed by atoms with Gasteiger partial charge < -0.3 is 10.2 Å². The molecule has 0 heterocycles. The molecule has 0 aromatic carbocycles. The molecule has 5 heteroatoms. The molecular weight excluding hydrogens is 292 g/mol. The number of carbonyl (C=O) groups excluding carboxylic acids is 3. The Morgan fingerprint density at radius 2 is 1.87 bits per heavy atom. The lowest BCUT2D eigenvalue weighted by Crippen LogP contribution is -2.36. The average molecular weight is 320 g/mol. The molecule has 128 valence electrons. The van der Waals surface area contributed by atoms with E-state index in [1.807, 2.05) is 20.9 Å². The third-order valence-electron chi connectivity index (χ3n) is 4.29. The molecule has 1 aliphatic carbocycles. The molecule has 5 nitrogen and oxygen atoms in total. The van der Waals surface area contributed by atoms with Gasteiger partial charge in [0, 0.05) is 42.1 Å². The second kappa shape index (κ2) is 7.68. The fraction of sp³-hybridized carbons (Fsp3) is 0.611. The lowest BCUT2D eigenvalue weighted by molar-refractivity contribution is -0.131. The topological polar surface area (TPSA) is 66.5 Å². The van der Waals surface area contributed by atoms with E-state index < -0.39 is 5.41 Å². The van der Waals surface area contributed by atoms with E-state index in [2.05, 4.69) is 5.32 Å². The third-order valence-corrected chi connectivity index (χ3v) is 4.29. The molecule has 0 radical (unpaired) electrons. The van der Waals surface area contributed by atoms with E-state index >= 15 is 0 Å². The van der Waals surface area contributed by atoms with Gasteiger partial charge >= 0.3 is 0 Å². The smallest absolute Gasteiger partial charge is 0.223 e. The van der Waals surface area contributed by atoms with E-state index in [9.17, 15) is 14.4 Å². The Bertz CT molecular complexity index is 571. The number of carbonyl (C=O) groups is 3. The second-order valence-electron chi connectivity index (χ2n) is 6.85. The van der Waals surface area contributed by atoms with Gasteiger partial charge in [-0.1, -0.05) is 13.8 Å². The monoisotopic (exact) mass is 320 g/mol. The highest BCUT2D eigenvalue weighted by atomic mass is 16.2. The lowest BCUT2D eigenvalue weighted by Gasteiger charge is -2.31. The summed E-state index contributed by atoms with van der Waals surface area (Å²) in [7, 11) is 3.65. The van der Waals surface area contributed by atoms with Gasteiger partial charge in [-0.2, -0.15) is 0 Å². The Morgan fingerprint density at radius 1 is 1.26 bits per heavy atom. The van der Waals surface area contributed by atoms with Crippen LogP contribution in [0.5, 0.6) is 0 Å². The second-order valence-corrected chi connectivity index (χ2v) is 6.85. The van der Waals surface area contributed by atoms with Gasteiger partial charge in [0.05, 0.1) is 0 Å². The number of Topliss-reactive ketones (excluding diaryl/α,β-unsaturated/α-hetero) is 1. The van der Waals surface area contributed by atoms with E-state index in [1.165, 1.54) is 6.08 Å². The Labute approximate surface area is 138 Å². The van der Waals surface area contributed by atoms with Crippen molar-refractivity contribution in [3.05, 3.63) is 22.8 Å². The van der Waals surface area contributed by atoms with Crippen LogP contribution in [0, 0.1) is 5.41 Å². The van der Waals surface area contributed by atoms with Crippen molar-refractivity contribution in [3.63, 3.8) is 0 Å². The summed E-state index contributed by atoms with van der Waals surface area (Å²) in [5.74, 6) is -0.281. The van der Waals surface area contributed by atoms with Gasteiger partial charge in [-0.05, 0) is 39.9 Å². The molecule has 23 heavy (non-hydrogen) atoms. The average Bonchev–Trinajstić information content (AvgIpc) is 2.44. The highest BCUT2D eigenvalue weighted by Gasteiger charge is 2.37. The first-order chi connectivity index (χ1) is 10.6. The third kappa shape index (κ3) is 4.61. The first kappa shape index (κ1) is 19.3. The maximum atomic E-state index is 12.5. The zero-order chi connectivity index (χ0) is 17.8. The van der Waals surface area contributed by atoms with Crippen molar-refractivity contribution in [2.45, 2.75) is 40.5 Å². The first-order valence-electron chi connectivity index (χ1n) is 7.99. The van der Waals surface area contributed by atoms with Gasteiger partial charge in [-0.25, -0.2) is 0 Å². The maximum Gasteiger partial charge on any atom is 0.223 e. The molecule has 0 aliphatic heterocycles. The predicted molar refractivity (Wildman–Crippen MR) is 91.0 cm³/mol. The number of ketones is 2. The van der Waals surface area contributed by atoms with E-state index in [0.717, 1.165) is 13.0 Å². The van der Waals surface area contributed by atoms with Crippen LogP contribution in [-0.2, 0) is 14.4 Å². The molecule has 1 amide bonds. The van der Waals surface area contributed by atoms with Crippen LogP contribution in [0.1, 0.15) is 40.5 Å². The highest BCUT2D eigenvalue weighted by molar-refractivity contribution is 6.22.